The number of anilines is 2. The van der Waals surface area contributed by atoms with Crippen LogP contribution in [0.1, 0.15) is 37.3 Å². The molecule has 0 saturated carbocycles. The van der Waals surface area contributed by atoms with Crippen LogP contribution in [0.25, 0.3) is 0 Å². The summed E-state index contributed by atoms with van der Waals surface area (Å²) in [4.78, 5) is 27.2. The van der Waals surface area contributed by atoms with E-state index in [0.717, 1.165) is 16.8 Å². The summed E-state index contributed by atoms with van der Waals surface area (Å²) in [5, 5.41) is 2.95. The molecule has 0 spiro atoms. The lowest BCUT2D eigenvalue weighted by atomic mass is 9.98. The number of nitrogens with one attached hydrogen (secondary N) is 1. The second kappa shape index (κ2) is 9.56. The van der Waals surface area contributed by atoms with Crippen molar-refractivity contribution >= 4 is 49.1 Å². The Balaban J connectivity index is 1.61. The maximum Gasteiger partial charge on any atom is 0.245 e. The summed E-state index contributed by atoms with van der Waals surface area (Å²) >= 11 is 3.43. The number of hydrogen-bond acceptors (Lipinski definition) is 4. The number of benzene rings is 2. The van der Waals surface area contributed by atoms with Gasteiger partial charge in [-0.25, -0.2) is 8.42 Å². The number of carbonyl (C=O) groups excluding carboxylic acids is 2. The number of para-hydroxylation sites is 1. The third kappa shape index (κ3) is 4.72. The Morgan fingerprint density at radius 1 is 1.18 bits per heavy atom. The van der Waals surface area contributed by atoms with Gasteiger partial charge in [0.25, 0.3) is 0 Å². The van der Waals surface area contributed by atoms with Gasteiger partial charge < -0.3 is 10.2 Å². The maximum absolute atomic E-state index is 13.8. The van der Waals surface area contributed by atoms with Crippen LogP contribution in [0.4, 0.5) is 11.4 Å². The molecule has 4 rings (SSSR count). The minimum Gasteiger partial charge on any atom is -0.326 e. The van der Waals surface area contributed by atoms with Crippen molar-refractivity contribution in [3.8, 4) is 0 Å². The summed E-state index contributed by atoms with van der Waals surface area (Å²) in [6.45, 7) is 4.63. The zero-order valence-corrected chi connectivity index (χ0v) is 21.2. The molecule has 9 heteroatoms. The lowest BCUT2D eigenvalue weighted by Gasteiger charge is -2.32. The molecule has 2 aliphatic rings. The van der Waals surface area contributed by atoms with Crippen LogP contribution in [0.15, 0.2) is 45.8 Å². The number of rotatable bonds is 5. The highest BCUT2D eigenvalue weighted by atomic mass is 79.9. The van der Waals surface area contributed by atoms with Crippen molar-refractivity contribution in [3.63, 3.8) is 0 Å². The van der Waals surface area contributed by atoms with Gasteiger partial charge in [0.2, 0.25) is 21.8 Å². The van der Waals surface area contributed by atoms with Crippen LogP contribution >= 0.6 is 15.9 Å². The minimum atomic E-state index is -3.90. The van der Waals surface area contributed by atoms with Crippen molar-refractivity contribution in [2.75, 3.05) is 29.9 Å². The zero-order chi connectivity index (χ0) is 23.8. The minimum absolute atomic E-state index is 0.0957. The largest absolute Gasteiger partial charge is 0.326 e. The summed E-state index contributed by atoms with van der Waals surface area (Å²) in [7, 11) is -3.90. The lowest BCUT2D eigenvalue weighted by molar-refractivity contribution is -0.121. The van der Waals surface area contributed by atoms with Gasteiger partial charge in [-0.05, 0) is 55.5 Å². The average molecular weight is 534 g/mol. The van der Waals surface area contributed by atoms with Crippen LogP contribution in [-0.4, -0.2) is 44.2 Å². The summed E-state index contributed by atoms with van der Waals surface area (Å²) in [5.41, 5.74) is 3.02. The van der Waals surface area contributed by atoms with Crippen molar-refractivity contribution < 1.29 is 18.0 Å². The fourth-order valence-corrected chi connectivity index (χ4v) is 7.01. The predicted molar refractivity (Wildman–Crippen MR) is 132 cm³/mol. The molecular weight excluding hydrogens is 506 g/mol. The van der Waals surface area contributed by atoms with Crippen LogP contribution < -0.4 is 10.2 Å². The van der Waals surface area contributed by atoms with E-state index in [-0.39, 0.29) is 23.3 Å². The molecule has 1 fully saturated rings. The highest BCUT2D eigenvalue weighted by Gasteiger charge is 2.38. The van der Waals surface area contributed by atoms with Gasteiger partial charge in [0.05, 0.1) is 11.6 Å². The van der Waals surface area contributed by atoms with Crippen molar-refractivity contribution in [2.45, 2.75) is 44.4 Å². The van der Waals surface area contributed by atoms with Crippen molar-refractivity contribution in [1.82, 2.24) is 4.31 Å². The quantitative estimate of drug-likeness (QED) is 0.626. The fraction of sp³-hybridized carbons (Fsp3) is 0.417. The molecule has 2 aliphatic heterocycles. The number of amides is 2. The summed E-state index contributed by atoms with van der Waals surface area (Å²) in [6.07, 6.45) is 2.14. The molecule has 33 heavy (non-hydrogen) atoms. The molecular formula is C24H28BrN3O4S. The van der Waals surface area contributed by atoms with E-state index in [1.54, 1.807) is 17.9 Å². The van der Waals surface area contributed by atoms with Crippen LogP contribution in [0.2, 0.25) is 0 Å². The zero-order valence-electron chi connectivity index (χ0n) is 18.8. The standard InChI is InChI=1S/C24H28BrN3O4S/c1-3-22(29)28-12-10-17-13-19(25)14-21(23(17)28)33(31,32)27-11-6-8-18(15-27)24(30)26-20-9-5-4-7-16(20)2/h4-5,7,9,13-14,18H,3,6,8,10-12,15H2,1-2H3,(H,26,30)/t18-/m1/s1. The number of nitrogens with zero attached hydrogens (tertiary/aromatic N) is 2. The smallest absolute Gasteiger partial charge is 0.245 e. The van der Waals surface area contributed by atoms with E-state index in [1.807, 2.05) is 37.3 Å². The van der Waals surface area contributed by atoms with Gasteiger partial charge in [-0.1, -0.05) is 41.1 Å². The monoisotopic (exact) mass is 533 g/mol. The SMILES string of the molecule is CCC(=O)N1CCc2cc(Br)cc(S(=O)(=O)N3CCC[C@@H](C(=O)Nc4ccccc4C)C3)c21. The number of halogens is 1. The Hall–Kier alpha value is -2.23. The third-order valence-corrected chi connectivity index (χ3v) is 8.71. The molecule has 2 heterocycles. The normalized spacial score (nSPS) is 18.8. The number of piperidine rings is 1. The molecule has 2 aromatic carbocycles. The summed E-state index contributed by atoms with van der Waals surface area (Å²) in [5.74, 6) is -0.713. The molecule has 7 nitrogen and oxygen atoms in total. The van der Waals surface area contributed by atoms with E-state index in [9.17, 15) is 18.0 Å². The van der Waals surface area contributed by atoms with E-state index in [4.69, 9.17) is 0 Å². The average Bonchev–Trinajstić information content (AvgIpc) is 3.23. The number of sulfonamides is 1. The molecule has 0 unspecified atom stereocenters. The Morgan fingerprint density at radius 3 is 2.67 bits per heavy atom. The van der Waals surface area contributed by atoms with Crippen LogP contribution in [0.5, 0.6) is 0 Å². The van der Waals surface area contributed by atoms with Gasteiger partial charge in [0, 0.05) is 36.2 Å². The van der Waals surface area contributed by atoms with Crippen molar-refractivity contribution in [3.05, 3.63) is 52.0 Å². The van der Waals surface area contributed by atoms with Gasteiger partial charge in [0.1, 0.15) is 4.90 Å². The Kier molecular flexibility index (Phi) is 6.93. The molecule has 0 bridgehead atoms. The summed E-state index contributed by atoms with van der Waals surface area (Å²) in [6, 6.07) is 11.0. The molecule has 2 aromatic rings. The Bertz CT molecular complexity index is 1200. The number of hydrogen-bond donors (Lipinski definition) is 1. The maximum atomic E-state index is 13.8. The van der Waals surface area contributed by atoms with Crippen molar-refractivity contribution in [2.24, 2.45) is 5.92 Å². The molecule has 2 amide bonds. The van der Waals surface area contributed by atoms with Gasteiger partial charge in [-0.2, -0.15) is 4.31 Å². The first-order chi connectivity index (χ1) is 15.7. The van der Waals surface area contributed by atoms with E-state index in [0.29, 0.717) is 48.9 Å². The highest BCUT2D eigenvalue weighted by Crippen LogP contribution is 2.40. The number of carbonyl (C=O) groups is 2. The Labute approximate surface area is 203 Å². The molecule has 1 atom stereocenters. The van der Waals surface area contributed by atoms with Crippen molar-refractivity contribution in [1.29, 1.82) is 0 Å². The van der Waals surface area contributed by atoms with Gasteiger partial charge in [-0.3, -0.25) is 9.59 Å². The number of fused-ring (bicyclic) bond motifs is 1. The number of aryl methyl sites for hydroxylation is 1. The van der Waals surface area contributed by atoms with Crippen LogP contribution in [0, 0.1) is 12.8 Å². The van der Waals surface area contributed by atoms with Gasteiger partial charge in [0.15, 0.2) is 0 Å². The van der Waals surface area contributed by atoms with E-state index in [1.165, 1.54) is 4.31 Å². The fourth-order valence-electron chi connectivity index (χ4n) is 4.57. The first kappa shape index (κ1) is 23.9. The topological polar surface area (TPSA) is 86.8 Å². The first-order valence-electron chi connectivity index (χ1n) is 11.2. The van der Waals surface area contributed by atoms with Crippen LogP contribution in [-0.2, 0) is 26.0 Å². The molecule has 0 aromatic heterocycles. The molecule has 1 N–H and O–H groups in total. The molecule has 1 saturated heterocycles. The first-order valence-corrected chi connectivity index (χ1v) is 13.4. The predicted octanol–water partition coefficient (Wildman–Crippen LogP) is 4.10. The Morgan fingerprint density at radius 2 is 1.94 bits per heavy atom. The van der Waals surface area contributed by atoms with Gasteiger partial charge >= 0.3 is 0 Å². The van der Waals surface area contributed by atoms with E-state index in [2.05, 4.69) is 21.2 Å². The van der Waals surface area contributed by atoms with E-state index < -0.39 is 15.9 Å². The molecule has 0 aliphatic carbocycles. The second-order valence-electron chi connectivity index (χ2n) is 8.57. The van der Waals surface area contributed by atoms with E-state index >= 15 is 0 Å². The van der Waals surface area contributed by atoms with Crippen LogP contribution in [0.3, 0.4) is 0 Å². The summed E-state index contributed by atoms with van der Waals surface area (Å²) < 4.78 is 29.6. The lowest BCUT2D eigenvalue weighted by Crippen LogP contribution is -2.44. The third-order valence-electron chi connectivity index (χ3n) is 6.37. The molecule has 176 valence electrons. The molecule has 0 radical (unpaired) electrons. The highest BCUT2D eigenvalue weighted by molar-refractivity contribution is 9.10. The van der Waals surface area contributed by atoms with Gasteiger partial charge in [-0.15, -0.1) is 0 Å². The second-order valence-corrected chi connectivity index (χ2v) is 11.4.